The second-order valence-corrected chi connectivity index (χ2v) is 3.69. The number of rotatable bonds is 1. The van der Waals surface area contributed by atoms with Crippen molar-refractivity contribution in [1.29, 1.82) is 0 Å². The summed E-state index contributed by atoms with van der Waals surface area (Å²) in [5.74, 6) is 0.683. The number of nitrogens with one attached hydrogen (secondary N) is 1. The first kappa shape index (κ1) is 8.44. The van der Waals surface area contributed by atoms with E-state index in [1.54, 1.807) is 13.4 Å². The van der Waals surface area contributed by atoms with Gasteiger partial charge >= 0.3 is 0 Å². The van der Waals surface area contributed by atoms with Crippen LogP contribution in [0, 0.1) is 0 Å². The van der Waals surface area contributed by atoms with Gasteiger partial charge in [0.2, 0.25) is 5.88 Å². The zero-order valence-electron chi connectivity index (χ0n) is 8.09. The molecule has 1 aliphatic rings. The third kappa shape index (κ3) is 1.18. The maximum absolute atomic E-state index is 5.16. The van der Waals surface area contributed by atoms with Crippen molar-refractivity contribution < 1.29 is 4.74 Å². The Kier molecular flexibility index (Phi) is 1.73. The van der Waals surface area contributed by atoms with Crippen LogP contribution in [-0.4, -0.2) is 17.1 Å². The summed E-state index contributed by atoms with van der Waals surface area (Å²) < 4.78 is 5.16. The molecule has 1 aliphatic heterocycles. The van der Waals surface area contributed by atoms with E-state index in [0.29, 0.717) is 5.88 Å². The second-order valence-electron chi connectivity index (χ2n) is 3.69. The fourth-order valence-corrected chi connectivity index (χ4v) is 1.66. The first-order chi connectivity index (χ1) is 6.15. The summed E-state index contributed by atoms with van der Waals surface area (Å²) in [7, 11) is 1.63. The van der Waals surface area contributed by atoms with Gasteiger partial charge in [-0.2, -0.15) is 0 Å². The summed E-state index contributed by atoms with van der Waals surface area (Å²) in [6.45, 7) is 4.99. The van der Waals surface area contributed by atoms with Crippen LogP contribution in [0.2, 0.25) is 0 Å². The van der Waals surface area contributed by atoms with Crippen molar-refractivity contribution in [2.24, 2.45) is 0 Å². The molecule has 0 amide bonds. The lowest BCUT2D eigenvalue weighted by Crippen LogP contribution is -2.29. The molecule has 1 aromatic rings. The molecule has 0 atom stereocenters. The highest BCUT2D eigenvalue weighted by atomic mass is 16.5. The molecule has 13 heavy (non-hydrogen) atoms. The molecule has 0 aliphatic carbocycles. The molecule has 0 unspecified atom stereocenters. The van der Waals surface area contributed by atoms with Crippen LogP contribution in [-0.2, 0) is 12.1 Å². The first-order valence-corrected chi connectivity index (χ1v) is 4.28. The molecular weight excluding hydrogens is 166 g/mol. The minimum absolute atomic E-state index is 0.0639. The van der Waals surface area contributed by atoms with Gasteiger partial charge in [-0.05, 0) is 13.8 Å². The third-order valence-electron chi connectivity index (χ3n) is 2.40. The minimum atomic E-state index is -0.0639. The summed E-state index contributed by atoms with van der Waals surface area (Å²) in [5, 5.41) is 3.35. The summed E-state index contributed by atoms with van der Waals surface area (Å²) in [4.78, 5) is 8.33. The topological polar surface area (TPSA) is 47.0 Å². The molecule has 4 nitrogen and oxygen atoms in total. The Bertz CT molecular complexity index is 336. The van der Waals surface area contributed by atoms with E-state index in [-0.39, 0.29) is 5.54 Å². The molecule has 4 heteroatoms. The van der Waals surface area contributed by atoms with Crippen LogP contribution in [0.3, 0.4) is 0 Å². The molecule has 0 fully saturated rings. The third-order valence-corrected chi connectivity index (χ3v) is 2.40. The van der Waals surface area contributed by atoms with Gasteiger partial charge in [0.05, 0.1) is 23.9 Å². The summed E-state index contributed by atoms with van der Waals surface area (Å²) in [6.07, 6.45) is 1.55. The Morgan fingerprint density at radius 2 is 2.23 bits per heavy atom. The normalized spacial score (nSPS) is 18.4. The number of ether oxygens (including phenoxy) is 1. The van der Waals surface area contributed by atoms with Crippen molar-refractivity contribution in [3.05, 3.63) is 17.6 Å². The number of aromatic nitrogens is 2. The highest BCUT2D eigenvalue weighted by molar-refractivity contribution is 5.37. The van der Waals surface area contributed by atoms with Crippen LogP contribution in [0.4, 0.5) is 0 Å². The van der Waals surface area contributed by atoms with E-state index in [4.69, 9.17) is 4.74 Å². The van der Waals surface area contributed by atoms with Crippen LogP contribution in [0.5, 0.6) is 5.88 Å². The molecule has 0 saturated carbocycles. The van der Waals surface area contributed by atoms with E-state index in [1.165, 1.54) is 0 Å². The van der Waals surface area contributed by atoms with Crippen molar-refractivity contribution in [3.8, 4) is 5.88 Å². The summed E-state index contributed by atoms with van der Waals surface area (Å²) in [5.41, 5.74) is 2.06. The molecule has 0 bridgehead atoms. The molecule has 1 N–H and O–H groups in total. The molecule has 2 heterocycles. The Morgan fingerprint density at radius 3 is 2.92 bits per heavy atom. The highest BCUT2D eigenvalue weighted by Crippen LogP contribution is 2.32. The van der Waals surface area contributed by atoms with Crippen LogP contribution in [0.25, 0.3) is 0 Å². The Hall–Kier alpha value is -1.16. The van der Waals surface area contributed by atoms with Gasteiger partial charge in [-0.15, -0.1) is 0 Å². The fraction of sp³-hybridized carbons (Fsp3) is 0.556. The predicted octanol–water partition coefficient (Wildman–Crippen LogP) is 0.823. The lowest BCUT2D eigenvalue weighted by Gasteiger charge is -2.17. The Morgan fingerprint density at radius 1 is 1.46 bits per heavy atom. The fourth-order valence-electron chi connectivity index (χ4n) is 1.66. The van der Waals surface area contributed by atoms with Gasteiger partial charge < -0.3 is 10.1 Å². The highest BCUT2D eigenvalue weighted by Gasteiger charge is 2.33. The zero-order valence-corrected chi connectivity index (χ0v) is 8.09. The molecule has 0 saturated heterocycles. The average Bonchev–Trinajstić information content (AvgIpc) is 2.43. The van der Waals surface area contributed by atoms with Crippen LogP contribution < -0.4 is 10.1 Å². The van der Waals surface area contributed by atoms with E-state index in [0.717, 1.165) is 17.8 Å². The minimum Gasteiger partial charge on any atom is -0.481 e. The first-order valence-electron chi connectivity index (χ1n) is 4.28. The number of nitrogens with zero attached hydrogens (tertiary/aromatic N) is 2. The van der Waals surface area contributed by atoms with Crippen LogP contribution >= 0.6 is 0 Å². The number of hydrogen-bond acceptors (Lipinski definition) is 4. The largest absolute Gasteiger partial charge is 0.481 e. The standard InChI is InChI=1S/C9H13N3O/c1-9(2)7-6(4-12-9)8(13-3)11-5-10-7/h5,12H,4H2,1-3H3. The number of hydrogen-bond donors (Lipinski definition) is 1. The molecule has 0 aromatic carbocycles. The van der Waals surface area contributed by atoms with E-state index in [9.17, 15) is 0 Å². The van der Waals surface area contributed by atoms with Crippen LogP contribution in [0.1, 0.15) is 25.1 Å². The lowest BCUT2D eigenvalue weighted by molar-refractivity contribution is 0.391. The van der Waals surface area contributed by atoms with Gasteiger partial charge in [-0.25, -0.2) is 9.97 Å². The number of methoxy groups -OCH3 is 1. The van der Waals surface area contributed by atoms with Gasteiger partial charge in [-0.3, -0.25) is 0 Å². The monoisotopic (exact) mass is 179 g/mol. The molecule has 70 valence electrons. The van der Waals surface area contributed by atoms with Gasteiger partial charge in [0.25, 0.3) is 0 Å². The quantitative estimate of drug-likeness (QED) is 0.693. The molecule has 0 spiro atoms. The van der Waals surface area contributed by atoms with Gasteiger partial charge in [-0.1, -0.05) is 0 Å². The van der Waals surface area contributed by atoms with Crippen molar-refractivity contribution in [2.75, 3.05) is 7.11 Å². The van der Waals surface area contributed by atoms with Crippen LogP contribution in [0.15, 0.2) is 6.33 Å². The Labute approximate surface area is 77.4 Å². The maximum atomic E-state index is 5.16. The molecule has 1 aromatic heterocycles. The van der Waals surface area contributed by atoms with Gasteiger partial charge in [0.15, 0.2) is 0 Å². The maximum Gasteiger partial charge on any atom is 0.221 e. The predicted molar refractivity (Wildman–Crippen MR) is 48.4 cm³/mol. The van der Waals surface area contributed by atoms with Crippen molar-refractivity contribution in [3.63, 3.8) is 0 Å². The van der Waals surface area contributed by atoms with E-state index < -0.39 is 0 Å². The van der Waals surface area contributed by atoms with Gasteiger partial charge in [0, 0.05) is 6.54 Å². The SMILES string of the molecule is COc1ncnc2c1CNC2(C)C. The van der Waals surface area contributed by atoms with E-state index in [1.807, 2.05) is 0 Å². The number of fused-ring (bicyclic) bond motifs is 1. The smallest absolute Gasteiger partial charge is 0.221 e. The average molecular weight is 179 g/mol. The molecule has 2 rings (SSSR count). The van der Waals surface area contributed by atoms with E-state index in [2.05, 4.69) is 29.1 Å². The zero-order chi connectivity index (χ0) is 9.47. The van der Waals surface area contributed by atoms with Crippen molar-refractivity contribution in [2.45, 2.75) is 25.9 Å². The molecular formula is C9H13N3O. The summed E-state index contributed by atoms with van der Waals surface area (Å²) >= 11 is 0. The summed E-state index contributed by atoms with van der Waals surface area (Å²) in [6, 6.07) is 0. The van der Waals surface area contributed by atoms with E-state index >= 15 is 0 Å². The van der Waals surface area contributed by atoms with Gasteiger partial charge in [0.1, 0.15) is 6.33 Å². The Balaban J connectivity index is 2.56. The molecule has 0 radical (unpaired) electrons. The second kappa shape index (κ2) is 2.67. The lowest BCUT2D eigenvalue weighted by atomic mass is 10.0. The van der Waals surface area contributed by atoms with Crippen molar-refractivity contribution in [1.82, 2.24) is 15.3 Å². The van der Waals surface area contributed by atoms with Crippen molar-refractivity contribution >= 4 is 0 Å².